The van der Waals surface area contributed by atoms with Crippen molar-refractivity contribution in [2.75, 3.05) is 0 Å². The van der Waals surface area contributed by atoms with Crippen LogP contribution in [-0.2, 0) is 0 Å². The van der Waals surface area contributed by atoms with Crippen LogP contribution in [0.25, 0.3) is 0 Å². The van der Waals surface area contributed by atoms with Crippen LogP contribution >= 0.6 is 0 Å². The maximum Gasteiger partial charge on any atom is 0.0428 e. The van der Waals surface area contributed by atoms with E-state index in [1.54, 1.807) is 0 Å². The van der Waals surface area contributed by atoms with Gasteiger partial charge in [0.25, 0.3) is 0 Å². The molecule has 1 aliphatic carbocycles. The van der Waals surface area contributed by atoms with Gasteiger partial charge in [-0.15, -0.1) is 0 Å². The molecule has 0 aromatic heterocycles. The molecule has 1 aliphatic rings. The second-order valence-electron chi connectivity index (χ2n) is 2.23. The zero-order chi connectivity index (χ0) is 6.69. The Bertz CT molecular complexity index is 175. The summed E-state index contributed by atoms with van der Waals surface area (Å²) in [4.78, 5) is 3.91. The second kappa shape index (κ2) is 2.62. The van der Waals surface area contributed by atoms with E-state index in [9.17, 15) is 0 Å². The molecule has 0 fully saturated rings. The summed E-state index contributed by atoms with van der Waals surface area (Å²) in [6, 6.07) is 0. The average Bonchev–Trinajstić information content (AvgIpc) is 1.89. The zero-order valence-corrected chi connectivity index (χ0v) is 5.72. The average molecular weight is 121 g/mol. The third-order valence-corrected chi connectivity index (χ3v) is 1.56. The lowest BCUT2D eigenvalue weighted by atomic mass is 10.1. The van der Waals surface area contributed by atoms with Gasteiger partial charge in [-0.05, 0) is 32.1 Å². The first-order chi connectivity index (χ1) is 4.34. The quantitative estimate of drug-likeness (QED) is 0.472. The van der Waals surface area contributed by atoms with Gasteiger partial charge >= 0.3 is 0 Å². The Morgan fingerprint density at radius 2 is 2.44 bits per heavy atom. The molecular weight excluding hydrogens is 110 g/mol. The fourth-order valence-corrected chi connectivity index (χ4v) is 0.977. The van der Waals surface area contributed by atoms with Crippen molar-refractivity contribution in [3.8, 4) is 0 Å². The normalized spacial score (nSPS) is 18.3. The van der Waals surface area contributed by atoms with Crippen LogP contribution < -0.4 is 0 Å². The molecule has 0 unspecified atom stereocenters. The van der Waals surface area contributed by atoms with E-state index in [2.05, 4.69) is 30.8 Å². The molecule has 9 heavy (non-hydrogen) atoms. The topological polar surface area (TPSA) is 12.4 Å². The zero-order valence-electron chi connectivity index (χ0n) is 5.72. The Morgan fingerprint density at radius 3 is 2.89 bits per heavy atom. The first kappa shape index (κ1) is 6.27. The number of rotatable bonds is 1. The summed E-state index contributed by atoms with van der Waals surface area (Å²) < 4.78 is 0. The minimum atomic E-state index is 1.06. The highest BCUT2D eigenvalue weighted by atomic mass is 14.7. The molecule has 0 spiro atoms. The lowest BCUT2D eigenvalue weighted by molar-refractivity contribution is 0.925. The van der Waals surface area contributed by atoms with E-state index in [1.807, 2.05) is 0 Å². The molecule has 0 aromatic rings. The predicted octanol–water partition coefficient (Wildman–Crippen LogP) is 2.31. The minimum Gasteiger partial charge on any atom is -0.269 e. The lowest BCUT2D eigenvalue weighted by Crippen LogP contribution is -1.87. The third kappa shape index (κ3) is 1.28. The molecule has 1 nitrogen and oxygen atoms in total. The summed E-state index contributed by atoms with van der Waals surface area (Å²) in [5.74, 6) is 0. The van der Waals surface area contributed by atoms with Gasteiger partial charge in [-0.1, -0.05) is 12.2 Å². The van der Waals surface area contributed by atoms with Crippen LogP contribution in [0, 0.1) is 0 Å². The van der Waals surface area contributed by atoms with Crippen LogP contribution in [0.3, 0.4) is 0 Å². The van der Waals surface area contributed by atoms with Gasteiger partial charge in [0.2, 0.25) is 0 Å². The summed E-state index contributed by atoms with van der Waals surface area (Å²) in [6.45, 7) is 5.56. The molecule has 0 atom stereocenters. The van der Waals surface area contributed by atoms with Gasteiger partial charge in [0.1, 0.15) is 0 Å². The molecule has 0 saturated carbocycles. The first-order valence-corrected chi connectivity index (χ1v) is 3.17. The van der Waals surface area contributed by atoms with Crippen molar-refractivity contribution in [2.45, 2.75) is 19.8 Å². The molecule has 1 heteroatoms. The smallest absolute Gasteiger partial charge is 0.0428 e. The first-order valence-electron chi connectivity index (χ1n) is 3.17. The van der Waals surface area contributed by atoms with Gasteiger partial charge < -0.3 is 0 Å². The van der Waals surface area contributed by atoms with Crippen molar-refractivity contribution < 1.29 is 0 Å². The Kier molecular flexibility index (Phi) is 1.83. The van der Waals surface area contributed by atoms with Crippen molar-refractivity contribution in [2.24, 2.45) is 4.99 Å². The number of nitrogens with zero attached hydrogens (tertiary/aromatic N) is 1. The maximum atomic E-state index is 3.91. The Balaban J connectivity index is 2.84. The highest BCUT2D eigenvalue weighted by molar-refractivity contribution is 5.35. The van der Waals surface area contributed by atoms with Crippen molar-refractivity contribution in [3.63, 3.8) is 0 Å². The lowest BCUT2D eigenvalue weighted by Gasteiger charge is -2.06. The molecular formula is C8H11N. The highest BCUT2D eigenvalue weighted by Gasteiger charge is 1.99. The summed E-state index contributed by atoms with van der Waals surface area (Å²) in [5.41, 5.74) is 2.41. The fraction of sp³-hybridized carbons (Fsp3) is 0.375. The SMILES string of the molecule is C=NC1=C(C)C=CCC1. The number of aliphatic imine (C=N–C) groups is 1. The number of hydrogen-bond acceptors (Lipinski definition) is 1. The number of allylic oxidation sites excluding steroid dienone is 4. The Morgan fingerprint density at radius 1 is 1.67 bits per heavy atom. The second-order valence-corrected chi connectivity index (χ2v) is 2.23. The van der Waals surface area contributed by atoms with Gasteiger partial charge in [0.15, 0.2) is 0 Å². The standard InChI is InChI=1S/C8H11N/c1-7-5-3-4-6-8(7)9-2/h3,5H,2,4,6H2,1H3. The molecule has 0 amide bonds. The fourth-order valence-electron chi connectivity index (χ4n) is 0.977. The largest absolute Gasteiger partial charge is 0.269 e. The third-order valence-electron chi connectivity index (χ3n) is 1.56. The van der Waals surface area contributed by atoms with E-state index < -0.39 is 0 Å². The molecule has 0 aromatic carbocycles. The van der Waals surface area contributed by atoms with Crippen molar-refractivity contribution in [1.29, 1.82) is 0 Å². The molecule has 48 valence electrons. The summed E-state index contributed by atoms with van der Waals surface area (Å²) in [7, 11) is 0. The molecule has 0 radical (unpaired) electrons. The van der Waals surface area contributed by atoms with E-state index in [0.29, 0.717) is 0 Å². The molecule has 0 saturated heterocycles. The van der Waals surface area contributed by atoms with Crippen LogP contribution in [0.15, 0.2) is 28.4 Å². The van der Waals surface area contributed by atoms with Crippen LogP contribution in [0.2, 0.25) is 0 Å². The van der Waals surface area contributed by atoms with Crippen molar-refractivity contribution >= 4 is 6.72 Å². The Labute approximate surface area is 55.8 Å². The van der Waals surface area contributed by atoms with E-state index in [-0.39, 0.29) is 0 Å². The van der Waals surface area contributed by atoms with E-state index in [0.717, 1.165) is 18.5 Å². The van der Waals surface area contributed by atoms with Gasteiger partial charge in [-0.3, -0.25) is 4.99 Å². The summed E-state index contributed by atoms with van der Waals surface area (Å²) >= 11 is 0. The van der Waals surface area contributed by atoms with Gasteiger partial charge in [0.05, 0.1) is 0 Å². The van der Waals surface area contributed by atoms with Gasteiger partial charge in [0, 0.05) is 5.70 Å². The Hall–Kier alpha value is -0.850. The predicted molar refractivity (Wildman–Crippen MR) is 40.6 cm³/mol. The molecule has 0 bridgehead atoms. The van der Waals surface area contributed by atoms with Crippen LogP contribution in [0.4, 0.5) is 0 Å². The van der Waals surface area contributed by atoms with Crippen LogP contribution in [0.1, 0.15) is 19.8 Å². The maximum absolute atomic E-state index is 3.91. The van der Waals surface area contributed by atoms with E-state index in [4.69, 9.17) is 0 Å². The van der Waals surface area contributed by atoms with E-state index in [1.165, 1.54) is 5.57 Å². The van der Waals surface area contributed by atoms with Gasteiger partial charge in [-0.25, -0.2) is 0 Å². The highest BCUT2D eigenvalue weighted by Crippen LogP contribution is 2.18. The van der Waals surface area contributed by atoms with Gasteiger partial charge in [-0.2, -0.15) is 0 Å². The molecule has 0 N–H and O–H groups in total. The molecule has 1 rings (SSSR count). The molecule has 0 heterocycles. The van der Waals surface area contributed by atoms with Crippen LogP contribution in [-0.4, -0.2) is 6.72 Å². The number of hydrogen-bond donors (Lipinski definition) is 0. The van der Waals surface area contributed by atoms with Crippen molar-refractivity contribution in [1.82, 2.24) is 0 Å². The van der Waals surface area contributed by atoms with E-state index >= 15 is 0 Å². The molecule has 0 aliphatic heterocycles. The van der Waals surface area contributed by atoms with Crippen LogP contribution in [0.5, 0.6) is 0 Å². The minimum absolute atomic E-state index is 1.06. The van der Waals surface area contributed by atoms with Crippen molar-refractivity contribution in [3.05, 3.63) is 23.4 Å². The monoisotopic (exact) mass is 121 g/mol. The summed E-state index contributed by atoms with van der Waals surface area (Å²) in [6.07, 6.45) is 6.45. The summed E-state index contributed by atoms with van der Waals surface area (Å²) in [5, 5.41) is 0.